The van der Waals surface area contributed by atoms with Crippen molar-refractivity contribution in [3.8, 4) is 0 Å². The summed E-state index contributed by atoms with van der Waals surface area (Å²) in [7, 11) is -4.96. The Balaban J connectivity index is 0.00000288. The average molecular weight is 369 g/mol. The van der Waals surface area contributed by atoms with E-state index in [0.717, 1.165) is 0 Å². The van der Waals surface area contributed by atoms with Crippen molar-refractivity contribution in [2.45, 2.75) is 30.8 Å². The molecule has 0 spiro atoms. The Bertz CT molecular complexity index is 624. The Morgan fingerprint density at radius 3 is 2.46 bits per heavy atom. The summed E-state index contributed by atoms with van der Waals surface area (Å²) in [4.78, 5) is 30.5. The van der Waals surface area contributed by atoms with Gasteiger partial charge in [0.2, 0.25) is 5.91 Å². The van der Waals surface area contributed by atoms with E-state index in [2.05, 4.69) is 4.52 Å². The second-order valence-corrected chi connectivity index (χ2v) is 6.38. The molecule has 0 radical (unpaired) electrons. The van der Waals surface area contributed by atoms with Crippen LogP contribution in [-0.2, 0) is 20.2 Å². The van der Waals surface area contributed by atoms with Gasteiger partial charge in [0.25, 0.3) is 7.82 Å². The third-order valence-corrected chi connectivity index (χ3v) is 4.04. The van der Waals surface area contributed by atoms with Crippen LogP contribution >= 0.6 is 7.82 Å². The minimum Gasteiger partial charge on any atom is -0.756 e. The van der Waals surface area contributed by atoms with Gasteiger partial charge in [-0.15, -0.1) is 0 Å². The summed E-state index contributed by atoms with van der Waals surface area (Å²) in [5, 5.41) is 19.9. The maximum Gasteiger partial charge on any atom is 1.00 e. The molecular weight excluding hydrogens is 352 g/mol. The molecule has 0 saturated carbocycles. The molecule has 0 aromatic heterocycles. The Kier molecular flexibility index (Phi) is 8.02. The zero-order chi connectivity index (χ0) is 17.2. The van der Waals surface area contributed by atoms with Gasteiger partial charge in [0.1, 0.15) is 18.3 Å². The zero-order valence-electron chi connectivity index (χ0n) is 12.9. The molecule has 11 heteroatoms. The first kappa shape index (κ1) is 21.7. The summed E-state index contributed by atoms with van der Waals surface area (Å²) in [6.07, 6.45) is -4.64. The van der Waals surface area contributed by atoms with E-state index in [-0.39, 0.29) is 41.5 Å². The maximum atomic E-state index is 11.4. The van der Waals surface area contributed by atoms with Crippen molar-refractivity contribution >= 4 is 13.7 Å². The molecule has 0 aliphatic carbocycles. The molecule has 1 fully saturated rings. The maximum absolute atomic E-state index is 11.4. The summed E-state index contributed by atoms with van der Waals surface area (Å²) in [5.74, 6) is -0.638. The van der Waals surface area contributed by atoms with Crippen LogP contribution in [0.4, 0.5) is 0 Å². The Morgan fingerprint density at radius 1 is 1.29 bits per heavy atom. The molecule has 2 rings (SSSR count). The molecule has 1 heterocycles. The van der Waals surface area contributed by atoms with Crippen LogP contribution in [0, 0.1) is 0 Å². The predicted octanol–water partition coefficient (Wildman–Crippen LogP) is -4.70. The predicted molar refractivity (Wildman–Crippen MR) is 75.1 cm³/mol. The van der Waals surface area contributed by atoms with Crippen LogP contribution in [0.1, 0.15) is 15.9 Å². The number of carbonyl (C=O) groups is 1. The fourth-order valence-corrected chi connectivity index (χ4v) is 2.79. The number of carbonyl (C=O) groups excluding carboxylic acids is 1. The van der Waals surface area contributed by atoms with Crippen molar-refractivity contribution in [1.82, 2.24) is 0 Å². The van der Waals surface area contributed by atoms with Crippen molar-refractivity contribution in [2.24, 2.45) is 5.73 Å². The third-order valence-electron chi connectivity index (χ3n) is 3.57. The van der Waals surface area contributed by atoms with E-state index in [9.17, 15) is 24.5 Å². The first-order valence-corrected chi connectivity index (χ1v) is 8.26. The van der Waals surface area contributed by atoms with Gasteiger partial charge in [-0.05, 0) is 11.6 Å². The van der Waals surface area contributed by atoms with Crippen molar-refractivity contribution in [3.63, 3.8) is 0 Å². The molecular formula is C13H17NNaO8P. The number of benzene rings is 1. The van der Waals surface area contributed by atoms with E-state index in [4.69, 9.17) is 15.4 Å². The van der Waals surface area contributed by atoms with Gasteiger partial charge in [0.05, 0.1) is 12.7 Å². The number of phosphoric acid groups is 1. The number of nitrogens with two attached hydrogens (primary N) is 1. The third kappa shape index (κ3) is 5.60. The van der Waals surface area contributed by atoms with Crippen LogP contribution in [0.25, 0.3) is 0 Å². The van der Waals surface area contributed by atoms with Gasteiger partial charge >= 0.3 is 29.6 Å². The number of ether oxygens (including phenoxy) is 1. The van der Waals surface area contributed by atoms with Crippen LogP contribution < -0.4 is 40.2 Å². The van der Waals surface area contributed by atoms with Crippen molar-refractivity contribution in [3.05, 3.63) is 35.4 Å². The Hall–Kier alpha value is -0.320. The fraction of sp³-hybridized carbons (Fsp3) is 0.462. The molecule has 1 aliphatic heterocycles. The largest absolute Gasteiger partial charge is 1.00 e. The van der Waals surface area contributed by atoms with Crippen molar-refractivity contribution in [2.75, 3.05) is 6.61 Å². The SMILES string of the molecule is NC(=O)c1ccccc1C[C@@H]1O[C@H](COP(=O)([O-])O)[C@@H](O)[C@H]1O.[Na+]. The molecule has 24 heavy (non-hydrogen) atoms. The van der Waals surface area contributed by atoms with Gasteiger partial charge in [-0.1, -0.05) is 18.2 Å². The molecule has 9 nitrogen and oxygen atoms in total. The van der Waals surface area contributed by atoms with E-state index in [0.29, 0.717) is 5.56 Å². The first-order chi connectivity index (χ1) is 10.7. The molecule has 0 bridgehead atoms. The van der Waals surface area contributed by atoms with Gasteiger partial charge in [0.15, 0.2) is 0 Å². The Labute approximate surface area is 160 Å². The standard InChI is InChI=1S/C13H18NO8P.Na/c14-13(17)8-4-2-1-3-7(8)5-9-11(15)12(16)10(22-9)6-21-23(18,19)20;/h1-4,9-12,15-16H,5-6H2,(H2,14,17)(H2,18,19,20);/q;+1/p-1/t9-,10+,11-,12+;/m0./s1. The number of amides is 1. The number of aliphatic hydroxyl groups excluding tert-OH is 2. The molecule has 1 aliphatic rings. The summed E-state index contributed by atoms with van der Waals surface area (Å²) < 4.78 is 20.1. The second kappa shape index (κ2) is 8.86. The molecule has 1 aromatic carbocycles. The summed E-state index contributed by atoms with van der Waals surface area (Å²) in [5.41, 5.74) is 6.05. The molecule has 128 valence electrons. The van der Waals surface area contributed by atoms with Crippen LogP contribution in [0.3, 0.4) is 0 Å². The number of hydrogen-bond donors (Lipinski definition) is 4. The zero-order valence-corrected chi connectivity index (χ0v) is 15.8. The number of hydrogen-bond acceptors (Lipinski definition) is 7. The van der Waals surface area contributed by atoms with Gasteiger partial charge in [0, 0.05) is 12.0 Å². The summed E-state index contributed by atoms with van der Waals surface area (Å²) in [6.45, 7) is -0.635. The quantitative estimate of drug-likeness (QED) is 0.287. The minimum atomic E-state index is -4.96. The monoisotopic (exact) mass is 369 g/mol. The summed E-state index contributed by atoms with van der Waals surface area (Å²) >= 11 is 0. The number of primary amides is 1. The van der Waals surface area contributed by atoms with E-state index in [1.165, 1.54) is 6.07 Å². The first-order valence-electron chi connectivity index (χ1n) is 6.76. The molecule has 5 N–H and O–H groups in total. The van der Waals surface area contributed by atoms with E-state index in [1.807, 2.05) is 0 Å². The van der Waals surface area contributed by atoms with Crippen LogP contribution in [0.5, 0.6) is 0 Å². The van der Waals surface area contributed by atoms with E-state index >= 15 is 0 Å². The van der Waals surface area contributed by atoms with E-state index in [1.54, 1.807) is 18.2 Å². The van der Waals surface area contributed by atoms with Crippen LogP contribution in [0.15, 0.2) is 24.3 Å². The number of rotatable bonds is 6. The van der Waals surface area contributed by atoms with Gasteiger partial charge < -0.3 is 35.0 Å². The molecule has 1 unspecified atom stereocenters. The number of aliphatic hydroxyl groups is 2. The Morgan fingerprint density at radius 2 is 1.88 bits per heavy atom. The van der Waals surface area contributed by atoms with Crippen LogP contribution in [0.2, 0.25) is 0 Å². The molecule has 1 saturated heterocycles. The van der Waals surface area contributed by atoms with Gasteiger partial charge in [-0.3, -0.25) is 9.36 Å². The molecule has 1 amide bonds. The molecule has 5 atom stereocenters. The fourth-order valence-electron chi connectivity index (χ4n) is 2.46. The summed E-state index contributed by atoms with van der Waals surface area (Å²) in [6, 6.07) is 6.47. The van der Waals surface area contributed by atoms with Crippen LogP contribution in [-0.4, -0.2) is 52.0 Å². The smallest absolute Gasteiger partial charge is 0.756 e. The minimum absolute atomic E-state index is 0. The van der Waals surface area contributed by atoms with Crippen molar-refractivity contribution < 1.29 is 68.2 Å². The molecule has 1 aromatic rings. The van der Waals surface area contributed by atoms with Gasteiger partial charge in [-0.25, -0.2) is 0 Å². The number of phosphoric ester groups is 1. The average Bonchev–Trinajstić information content (AvgIpc) is 2.73. The van der Waals surface area contributed by atoms with Crippen molar-refractivity contribution in [1.29, 1.82) is 0 Å². The van der Waals surface area contributed by atoms with E-state index < -0.39 is 44.8 Å². The normalized spacial score (nSPS) is 28.8. The second-order valence-electron chi connectivity index (χ2n) is 5.18. The topological polar surface area (TPSA) is 162 Å². The van der Waals surface area contributed by atoms with Gasteiger partial charge in [-0.2, -0.15) is 0 Å².